The van der Waals surface area contributed by atoms with Crippen molar-refractivity contribution in [1.29, 1.82) is 0 Å². The first-order valence-corrected chi connectivity index (χ1v) is 7.92. The van der Waals surface area contributed by atoms with E-state index in [9.17, 15) is 4.79 Å². The molecule has 0 aromatic heterocycles. The number of hydrogen-bond donors (Lipinski definition) is 2. The second-order valence-corrected chi connectivity index (χ2v) is 6.13. The molecule has 3 rings (SSSR count). The van der Waals surface area contributed by atoms with Crippen molar-refractivity contribution >= 4 is 5.91 Å². The predicted molar refractivity (Wildman–Crippen MR) is 82.5 cm³/mol. The Morgan fingerprint density at radius 3 is 2.90 bits per heavy atom. The third-order valence-electron chi connectivity index (χ3n) is 4.61. The molecule has 4 nitrogen and oxygen atoms in total. The van der Waals surface area contributed by atoms with Gasteiger partial charge in [-0.15, -0.1) is 0 Å². The first kappa shape index (κ1) is 14.4. The Morgan fingerprint density at radius 2 is 2.19 bits per heavy atom. The van der Waals surface area contributed by atoms with Gasteiger partial charge in [-0.3, -0.25) is 4.79 Å². The van der Waals surface area contributed by atoms with Crippen LogP contribution in [0.2, 0.25) is 0 Å². The molecule has 114 valence electrons. The van der Waals surface area contributed by atoms with E-state index in [0.29, 0.717) is 18.9 Å². The fourth-order valence-corrected chi connectivity index (χ4v) is 3.40. The van der Waals surface area contributed by atoms with Crippen molar-refractivity contribution in [2.45, 2.75) is 38.6 Å². The summed E-state index contributed by atoms with van der Waals surface area (Å²) in [5.41, 5.74) is 3.91. The third-order valence-corrected chi connectivity index (χ3v) is 4.61. The number of nitrogens with one attached hydrogen (secondary N) is 2. The normalized spacial score (nSPS) is 20.3. The van der Waals surface area contributed by atoms with Gasteiger partial charge in [0.05, 0.1) is 7.11 Å². The molecular weight excluding hydrogens is 264 g/mol. The van der Waals surface area contributed by atoms with E-state index >= 15 is 0 Å². The molecule has 0 bridgehead atoms. The maximum absolute atomic E-state index is 12.0. The van der Waals surface area contributed by atoms with Crippen molar-refractivity contribution in [1.82, 2.24) is 10.6 Å². The summed E-state index contributed by atoms with van der Waals surface area (Å²) < 4.78 is 5.48. The molecule has 2 N–H and O–H groups in total. The molecule has 0 radical (unpaired) electrons. The summed E-state index contributed by atoms with van der Waals surface area (Å²) in [6, 6.07) is 4.35. The average molecular weight is 288 g/mol. The number of benzene rings is 1. The van der Waals surface area contributed by atoms with Gasteiger partial charge < -0.3 is 15.4 Å². The van der Waals surface area contributed by atoms with Crippen LogP contribution in [0.5, 0.6) is 5.75 Å². The van der Waals surface area contributed by atoms with Gasteiger partial charge in [0, 0.05) is 18.5 Å². The maximum atomic E-state index is 12.0. The number of hydrogen-bond acceptors (Lipinski definition) is 3. The second kappa shape index (κ2) is 6.48. The Kier molecular flexibility index (Phi) is 4.44. The van der Waals surface area contributed by atoms with Crippen molar-refractivity contribution in [2.24, 2.45) is 5.92 Å². The van der Waals surface area contributed by atoms with Crippen LogP contribution in [0.4, 0.5) is 0 Å². The summed E-state index contributed by atoms with van der Waals surface area (Å²) >= 11 is 0. The van der Waals surface area contributed by atoms with Crippen LogP contribution in [0, 0.1) is 5.92 Å². The zero-order chi connectivity index (χ0) is 14.7. The van der Waals surface area contributed by atoms with E-state index in [1.165, 1.54) is 17.5 Å². The topological polar surface area (TPSA) is 50.4 Å². The Balaban J connectivity index is 1.60. The summed E-state index contributed by atoms with van der Waals surface area (Å²) in [5.74, 6) is 1.54. The molecule has 1 fully saturated rings. The van der Waals surface area contributed by atoms with Crippen LogP contribution in [0.15, 0.2) is 12.1 Å². The van der Waals surface area contributed by atoms with Crippen molar-refractivity contribution in [3.8, 4) is 5.75 Å². The Labute approximate surface area is 126 Å². The summed E-state index contributed by atoms with van der Waals surface area (Å²) in [4.78, 5) is 12.0. The molecule has 21 heavy (non-hydrogen) atoms. The number of carbonyl (C=O) groups excluding carboxylic acids is 1. The van der Waals surface area contributed by atoms with Gasteiger partial charge in [0.1, 0.15) is 5.75 Å². The van der Waals surface area contributed by atoms with Crippen LogP contribution in [0.3, 0.4) is 0 Å². The molecule has 1 aliphatic heterocycles. The number of amides is 1. The molecule has 1 aromatic carbocycles. The van der Waals surface area contributed by atoms with Crippen molar-refractivity contribution in [3.63, 3.8) is 0 Å². The van der Waals surface area contributed by atoms with Gasteiger partial charge >= 0.3 is 0 Å². The van der Waals surface area contributed by atoms with Gasteiger partial charge in [0.25, 0.3) is 0 Å². The monoisotopic (exact) mass is 288 g/mol. The molecule has 1 atom stereocenters. The van der Waals surface area contributed by atoms with Crippen LogP contribution in [-0.2, 0) is 24.2 Å². The maximum Gasteiger partial charge on any atom is 0.220 e. The minimum absolute atomic E-state index is 0.145. The SMILES string of the molecule is COc1cc2c(cc1CNC(=O)CC1CCNC1)CCC2. The molecule has 1 heterocycles. The highest BCUT2D eigenvalue weighted by atomic mass is 16.5. The van der Waals surface area contributed by atoms with Gasteiger partial charge in [-0.1, -0.05) is 6.07 Å². The van der Waals surface area contributed by atoms with E-state index in [-0.39, 0.29) is 5.91 Å². The van der Waals surface area contributed by atoms with E-state index in [2.05, 4.69) is 22.8 Å². The molecule has 0 saturated carbocycles. The number of rotatable bonds is 5. The lowest BCUT2D eigenvalue weighted by Gasteiger charge is -2.13. The Hall–Kier alpha value is -1.55. The highest BCUT2D eigenvalue weighted by Crippen LogP contribution is 2.29. The standard InChI is InChI=1S/C17H24N2O2/c1-21-16-9-14-4-2-3-13(14)8-15(16)11-19-17(20)7-12-5-6-18-10-12/h8-9,12,18H,2-7,10-11H2,1H3,(H,19,20). The lowest BCUT2D eigenvalue weighted by atomic mass is 10.0. The lowest BCUT2D eigenvalue weighted by molar-refractivity contribution is -0.122. The van der Waals surface area contributed by atoms with E-state index < -0.39 is 0 Å². The first-order valence-electron chi connectivity index (χ1n) is 7.92. The average Bonchev–Trinajstić information content (AvgIpc) is 3.14. The largest absolute Gasteiger partial charge is 0.496 e. The molecule has 1 saturated heterocycles. The summed E-state index contributed by atoms with van der Waals surface area (Å²) in [6.45, 7) is 2.57. The molecule has 1 aliphatic carbocycles. The zero-order valence-corrected chi connectivity index (χ0v) is 12.7. The van der Waals surface area contributed by atoms with E-state index in [0.717, 1.165) is 43.7 Å². The molecule has 1 unspecified atom stereocenters. The predicted octanol–water partition coefficient (Wildman–Crippen LogP) is 1.80. The number of carbonyl (C=O) groups is 1. The van der Waals surface area contributed by atoms with Crippen LogP contribution in [0.1, 0.15) is 36.0 Å². The zero-order valence-electron chi connectivity index (χ0n) is 12.7. The van der Waals surface area contributed by atoms with Crippen molar-refractivity contribution in [3.05, 3.63) is 28.8 Å². The fraction of sp³-hybridized carbons (Fsp3) is 0.588. The second-order valence-electron chi connectivity index (χ2n) is 6.13. The van der Waals surface area contributed by atoms with E-state index in [1.807, 2.05) is 0 Å². The fourth-order valence-electron chi connectivity index (χ4n) is 3.40. The third kappa shape index (κ3) is 3.38. The highest BCUT2D eigenvalue weighted by molar-refractivity contribution is 5.76. The molecule has 1 amide bonds. The number of aryl methyl sites for hydroxylation is 2. The van der Waals surface area contributed by atoms with Crippen LogP contribution in [0.25, 0.3) is 0 Å². The molecular formula is C17H24N2O2. The van der Waals surface area contributed by atoms with Crippen molar-refractivity contribution < 1.29 is 9.53 Å². The Bertz CT molecular complexity index is 522. The van der Waals surface area contributed by atoms with Gasteiger partial charge in [-0.25, -0.2) is 0 Å². The number of ether oxygens (including phenoxy) is 1. The van der Waals surface area contributed by atoms with Gasteiger partial charge in [0.15, 0.2) is 0 Å². The van der Waals surface area contributed by atoms with Gasteiger partial charge in [0.2, 0.25) is 5.91 Å². The van der Waals surface area contributed by atoms with E-state index in [1.54, 1.807) is 7.11 Å². The van der Waals surface area contributed by atoms with Crippen LogP contribution in [-0.4, -0.2) is 26.1 Å². The van der Waals surface area contributed by atoms with Gasteiger partial charge in [-0.05, 0) is 61.9 Å². The molecule has 4 heteroatoms. The summed E-state index contributed by atoms with van der Waals surface area (Å²) in [7, 11) is 1.70. The molecule has 2 aliphatic rings. The summed E-state index contributed by atoms with van der Waals surface area (Å²) in [6.07, 6.45) is 5.25. The number of fused-ring (bicyclic) bond motifs is 1. The minimum Gasteiger partial charge on any atom is -0.496 e. The highest BCUT2D eigenvalue weighted by Gasteiger charge is 2.19. The van der Waals surface area contributed by atoms with Crippen LogP contribution >= 0.6 is 0 Å². The molecule has 0 spiro atoms. The Morgan fingerprint density at radius 1 is 1.38 bits per heavy atom. The van der Waals surface area contributed by atoms with E-state index in [4.69, 9.17) is 4.74 Å². The van der Waals surface area contributed by atoms with Gasteiger partial charge in [-0.2, -0.15) is 0 Å². The summed E-state index contributed by atoms with van der Waals surface area (Å²) in [5, 5.41) is 6.34. The minimum atomic E-state index is 0.145. The quantitative estimate of drug-likeness (QED) is 0.868. The molecule has 1 aromatic rings. The smallest absolute Gasteiger partial charge is 0.220 e. The first-order chi connectivity index (χ1) is 10.3. The number of methoxy groups -OCH3 is 1. The van der Waals surface area contributed by atoms with Crippen molar-refractivity contribution in [2.75, 3.05) is 20.2 Å². The lowest BCUT2D eigenvalue weighted by Crippen LogP contribution is -2.26. The van der Waals surface area contributed by atoms with Crippen LogP contribution < -0.4 is 15.4 Å².